The molecule has 0 fully saturated rings. The van der Waals surface area contributed by atoms with Crippen LogP contribution in [-0.4, -0.2) is 9.78 Å². The van der Waals surface area contributed by atoms with Gasteiger partial charge in [-0.25, -0.2) is 0 Å². The van der Waals surface area contributed by atoms with Crippen molar-refractivity contribution in [1.82, 2.24) is 15.2 Å². The molecule has 2 aromatic heterocycles. The van der Waals surface area contributed by atoms with Crippen LogP contribution < -0.4 is 11.3 Å². The average Bonchev–Trinajstić information content (AvgIpc) is 2.84. The number of aryl methyl sites for hydroxylation is 2. The Labute approximate surface area is 99.1 Å². The van der Waals surface area contributed by atoms with E-state index in [0.29, 0.717) is 0 Å². The summed E-state index contributed by atoms with van der Waals surface area (Å²) < 4.78 is 1.81. The molecule has 2 rings (SSSR count). The van der Waals surface area contributed by atoms with Crippen LogP contribution in [-0.2, 0) is 13.5 Å². The lowest BCUT2D eigenvalue weighted by Gasteiger charge is -2.14. The number of nitrogens with one attached hydrogen (secondary N) is 1. The molecule has 3 N–H and O–H groups in total. The highest BCUT2D eigenvalue weighted by Gasteiger charge is 2.14. The van der Waals surface area contributed by atoms with Gasteiger partial charge in [-0.05, 0) is 34.9 Å². The van der Waals surface area contributed by atoms with E-state index in [1.165, 1.54) is 11.1 Å². The zero-order valence-electron chi connectivity index (χ0n) is 9.47. The first-order valence-corrected chi connectivity index (χ1v) is 6.12. The van der Waals surface area contributed by atoms with Crippen molar-refractivity contribution in [2.24, 2.45) is 12.9 Å². The van der Waals surface area contributed by atoms with E-state index < -0.39 is 0 Å². The largest absolute Gasteiger partial charge is 0.276 e. The summed E-state index contributed by atoms with van der Waals surface area (Å²) in [6, 6.07) is 2.16. The average molecular weight is 236 g/mol. The first kappa shape index (κ1) is 11.3. The van der Waals surface area contributed by atoms with Gasteiger partial charge in [0.05, 0.1) is 11.7 Å². The maximum absolute atomic E-state index is 5.61. The fourth-order valence-corrected chi connectivity index (χ4v) is 2.67. The predicted octanol–water partition coefficient (Wildman–Crippen LogP) is 1.54. The Bertz CT molecular complexity index is 460. The molecular formula is C11H16N4S. The number of hydrogen-bond acceptors (Lipinski definition) is 4. The molecule has 5 heteroatoms. The van der Waals surface area contributed by atoms with Gasteiger partial charge < -0.3 is 0 Å². The third-order valence-electron chi connectivity index (χ3n) is 2.65. The SMILES string of the molecule is Cc1cscc1C(Cc1ccn(C)n1)NN. The highest BCUT2D eigenvalue weighted by molar-refractivity contribution is 7.08. The number of nitrogens with two attached hydrogens (primary N) is 1. The van der Waals surface area contributed by atoms with Crippen molar-refractivity contribution in [2.45, 2.75) is 19.4 Å². The monoisotopic (exact) mass is 236 g/mol. The molecule has 0 radical (unpaired) electrons. The minimum atomic E-state index is 0.140. The van der Waals surface area contributed by atoms with Crippen molar-refractivity contribution in [3.05, 3.63) is 39.8 Å². The summed E-state index contributed by atoms with van der Waals surface area (Å²) in [5.74, 6) is 5.61. The Morgan fingerprint density at radius 2 is 2.38 bits per heavy atom. The summed E-state index contributed by atoms with van der Waals surface area (Å²) in [6.07, 6.45) is 2.76. The second-order valence-corrected chi connectivity index (χ2v) is 4.66. The van der Waals surface area contributed by atoms with E-state index >= 15 is 0 Å². The third kappa shape index (κ3) is 2.32. The van der Waals surface area contributed by atoms with Crippen LogP contribution in [0.15, 0.2) is 23.0 Å². The van der Waals surface area contributed by atoms with E-state index in [2.05, 4.69) is 28.2 Å². The van der Waals surface area contributed by atoms with Crippen LogP contribution in [0.5, 0.6) is 0 Å². The number of thiophene rings is 1. The second-order valence-electron chi connectivity index (χ2n) is 3.91. The molecule has 2 heterocycles. The Hall–Kier alpha value is -1.17. The molecule has 0 bridgehead atoms. The van der Waals surface area contributed by atoms with Crippen LogP contribution in [0.3, 0.4) is 0 Å². The minimum Gasteiger partial charge on any atom is -0.276 e. The minimum absolute atomic E-state index is 0.140. The van der Waals surface area contributed by atoms with Gasteiger partial charge in [0.1, 0.15) is 0 Å². The van der Waals surface area contributed by atoms with E-state index in [-0.39, 0.29) is 6.04 Å². The zero-order valence-corrected chi connectivity index (χ0v) is 10.3. The van der Waals surface area contributed by atoms with Crippen molar-refractivity contribution in [3.63, 3.8) is 0 Å². The molecule has 0 aliphatic carbocycles. The van der Waals surface area contributed by atoms with Gasteiger partial charge in [0.15, 0.2) is 0 Å². The zero-order chi connectivity index (χ0) is 11.5. The fourth-order valence-electron chi connectivity index (χ4n) is 1.77. The topological polar surface area (TPSA) is 55.9 Å². The number of hydrogen-bond donors (Lipinski definition) is 2. The standard InChI is InChI=1S/C11H16N4S/c1-8-6-16-7-10(8)11(13-12)5-9-3-4-15(2)14-9/h3-4,6-7,11,13H,5,12H2,1-2H3. The molecule has 0 saturated carbocycles. The Morgan fingerprint density at radius 3 is 2.88 bits per heavy atom. The van der Waals surface area contributed by atoms with Crippen molar-refractivity contribution >= 4 is 11.3 Å². The molecule has 4 nitrogen and oxygen atoms in total. The molecule has 86 valence electrons. The molecular weight excluding hydrogens is 220 g/mol. The lowest BCUT2D eigenvalue weighted by Crippen LogP contribution is -2.29. The van der Waals surface area contributed by atoms with Crippen LogP contribution in [0.4, 0.5) is 0 Å². The molecule has 16 heavy (non-hydrogen) atoms. The lowest BCUT2D eigenvalue weighted by atomic mass is 10.0. The van der Waals surface area contributed by atoms with E-state index in [9.17, 15) is 0 Å². The van der Waals surface area contributed by atoms with Crippen LogP contribution in [0, 0.1) is 6.92 Å². The molecule has 0 amide bonds. The molecule has 1 atom stereocenters. The molecule has 2 aromatic rings. The molecule has 0 spiro atoms. The molecule has 0 saturated heterocycles. The molecule has 0 aliphatic rings. The predicted molar refractivity (Wildman–Crippen MR) is 66.0 cm³/mol. The first-order valence-electron chi connectivity index (χ1n) is 5.18. The Balaban J connectivity index is 2.15. The fraction of sp³-hybridized carbons (Fsp3) is 0.364. The van der Waals surface area contributed by atoms with Crippen molar-refractivity contribution < 1.29 is 0 Å². The van der Waals surface area contributed by atoms with Crippen molar-refractivity contribution in [2.75, 3.05) is 0 Å². The van der Waals surface area contributed by atoms with Crippen LogP contribution in [0.25, 0.3) is 0 Å². The summed E-state index contributed by atoms with van der Waals surface area (Å²) >= 11 is 1.70. The molecule has 0 aromatic carbocycles. The van der Waals surface area contributed by atoms with E-state index in [0.717, 1.165) is 12.1 Å². The normalized spacial score (nSPS) is 12.9. The van der Waals surface area contributed by atoms with Gasteiger partial charge >= 0.3 is 0 Å². The summed E-state index contributed by atoms with van der Waals surface area (Å²) in [6.45, 7) is 2.11. The number of rotatable bonds is 4. The number of aromatic nitrogens is 2. The van der Waals surface area contributed by atoms with Gasteiger partial charge in [-0.15, -0.1) is 0 Å². The summed E-state index contributed by atoms with van der Waals surface area (Å²) in [5.41, 5.74) is 6.46. The Morgan fingerprint density at radius 1 is 1.56 bits per heavy atom. The van der Waals surface area contributed by atoms with Gasteiger partial charge in [0.25, 0.3) is 0 Å². The second kappa shape index (κ2) is 4.78. The van der Waals surface area contributed by atoms with Crippen molar-refractivity contribution in [1.29, 1.82) is 0 Å². The van der Waals surface area contributed by atoms with Gasteiger partial charge in [-0.1, -0.05) is 0 Å². The third-order valence-corrected chi connectivity index (χ3v) is 3.53. The first-order chi connectivity index (χ1) is 7.70. The smallest absolute Gasteiger partial charge is 0.0643 e. The molecule has 1 unspecified atom stereocenters. The molecule has 0 aliphatic heterocycles. The Kier molecular flexibility index (Phi) is 3.38. The van der Waals surface area contributed by atoms with E-state index in [4.69, 9.17) is 5.84 Å². The van der Waals surface area contributed by atoms with Crippen molar-refractivity contribution in [3.8, 4) is 0 Å². The summed E-state index contributed by atoms with van der Waals surface area (Å²) in [7, 11) is 1.92. The maximum atomic E-state index is 5.61. The van der Waals surface area contributed by atoms with Crippen LogP contribution in [0.1, 0.15) is 22.9 Å². The quantitative estimate of drug-likeness (QED) is 0.625. The van der Waals surface area contributed by atoms with E-state index in [1.54, 1.807) is 11.3 Å². The van der Waals surface area contributed by atoms with Crippen LogP contribution >= 0.6 is 11.3 Å². The highest BCUT2D eigenvalue weighted by Crippen LogP contribution is 2.23. The van der Waals surface area contributed by atoms with Gasteiger partial charge in [0.2, 0.25) is 0 Å². The number of hydrazine groups is 1. The van der Waals surface area contributed by atoms with Crippen LogP contribution in [0.2, 0.25) is 0 Å². The van der Waals surface area contributed by atoms with Gasteiger partial charge in [0, 0.05) is 19.7 Å². The summed E-state index contributed by atoms with van der Waals surface area (Å²) in [5, 5.41) is 8.64. The van der Waals surface area contributed by atoms with Gasteiger partial charge in [-0.3, -0.25) is 16.0 Å². The summed E-state index contributed by atoms with van der Waals surface area (Å²) in [4.78, 5) is 0. The number of nitrogens with zero attached hydrogens (tertiary/aromatic N) is 2. The lowest BCUT2D eigenvalue weighted by molar-refractivity contribution is 0.540. The highest BCUT2D eigenvalue weighted by atomic mass is 32.1. The maximum Gasteiger partial charge on any atom is 0.0643 e. The van der Waals surface area contributed by atoms with Gasteiger partial charge in [-0.2, -0.15) is 16.4 Å². The van der Waals surface area contributed by atoms with E-state index in [1.807, 2.05) is 24.0 Å².